The molecule has 1 heterocycles. The number of ether oxygens (including phenoxy) is 5. The fourth-order valence-electron chi connectivity index (χ4n) is 6.82. The Labute approximate surface area is 235 Å². The van der Waals surface area contributed by atoms with E-state index in [1.165, 1.54) is 20.8 Å². The van der Waals surface area contributed by atoms with Gasteiger partial charge in [0.05, 0.1) is 5.41 Å². The van der Waals surface area contributed by atoms with Crippen LogP contribution in [-0.2, 0) is 42.9 Å². The lowest BCUT2D eigenvalue weighted by Gasteiger charge is -2.62. The minimum Gasteiger partial charge on any atom is -0.459 e. The largest absolute Gasteiger partial charge is 0.459 e. The van der Waals surface area contributed by atoms with Gasteiger partial charge in [0.25, 0.3) is 0 Å². The van der Waals surface area contributed by atoms with Gasteiger partial charge in [-0.05, 0) is 43.1 Å². The highest BCUT2D eigenvalue weighted by atomic mass is 16.8. The molecule has 9 atom stereocenters. The monoisotopic (exact) mass is 562 g/mol. The molecule has 2 aliphatic carbocycles. The van der Waals surface area contributed by atoms with Crippen molar-refractivity contribution in [1.29, 1.82) is 0 Å². The number of hydrogen-bond donors (Lipinski definition) is 1. The second kappa shape index (κ2) is 12.3. The van der Waals surface area contributed by atoms with Crippen LogP contribution in [0.2, 0.25) is 0 Å². The highest BCUT2D eigenvalue weighted by Crippen LogP contribution is 2.67. The van der Waals surface area contributed by atoms with Crippen molar-refractivity contribution in [2.24, 2.45) is 22.7 Å². The zero-order valence-electron chi connectivity index (χ0n) is 24.3. The van der Waals surface area contributed by atoms with E-state index in [9.17, 15) is 24.3 Å². The normalized spacial score (nSPS) is 36.3. The third-order valence-electron chi connectivity index (χ3n) is 8.79. The summed E-state index contributed by atoms with van der Waals surface area (Å²) in [7, 11) is 0. The lowest BCUT2D eigenvalue weighted by Crippen LogP contribution is -2.68. The fraction of sp³-hybridized carbons (Fsp3) is 0.667. The Hall–Kier alpha value is -2.98. The number of aliphatic hydroxyl groups is 1. The minimum atomic E-state index is -1.48. The SMILES string of the molecule is C=CC(=C)CC[C@]1(C)[C@H](C)[C@@H](OC(C)=O)[C@H](O)[C@@]23C(=C[C@H](OC(=O)CCC)C[C@@H]12)[C@@H](OC(C)=O)O[C@H]3OC(C)=O. The van der Waals surface area contributed by atoms with Gasteiger partial charge in [-0.1, -0.05) is 45.6 Å². The van der Waals surface area contributed by atoms with E-state index in [2.05, 4.69) is 13.2 Å². The van der Waals surface area contributed by atoms with Crippen LogP contribution in [0, 0.1) is 22.7 Å². The number of hydrogen-bond acceptors (Lipinski definition) is 10. The summed E-state index contributed by atoms with van der Waals surface area (Å²) in [6.07, 6.45) is -0.399. The first-order valence-electron chi connectivity index (χ1n) is 13.8. The molecule has 3 rings (SSSR count). The van der Waals surface area contributed by atoms with Crippen molar-refractivity contribution in [2.75, 3.05) is 0 Å². The Balaban J connectivity index is 2.30. The van der Waals surface area contributed by atoms with E-state index in [1.54, 1.807) is 12.2 Å². The number of rotatable bonds is 10. The summed E-state index contributed by atoms with van der Waals surface area (Å²) in [5, 5.41) is 12.1. The standard InChI is InChI=1S/C30H42O10/c1-9-11-24(34)39-21-14-22-27(37-19(6)32)40-28(38-20(7)33)30(22)23(15-21)29(8,13-12-16(3)10-2)17(4)25(26(30)35)36-18(5)31/h10,14,17,21,23,25-28,35H,2-3,9,11-13,15H2,1,4-8H3/t17-,21+,23+,25-,26+,27+,28-,29-,30-/m1/s1. The molecule has 1 saturated heterocycles. The lowest BCUT2D eigenvalue weighted by atomic mass is 9.44. The quantitative estimate of drug-likeness (QED) is 0.181. The number of allylic oxidation sites excluding steroid dienone is 2. The molecule has 40 heavy (non-hydrogen) atoms. The average Bonchev–Trinajstić information content (AvgIpc) is 3.15. The summed E-state index contributed by atoms with van der Waals surface area (Å²) in [5.74, 6) is -3.23. The predicted molar refractivity (Wildman–Crippen MR) is 143 cm³/mol. The van der Waals surface area contributed by atoms with Crippen LogP contribution in [0.1, 0.15) is 73.6 Å². The van der Waals surface area contributed by atoms with E-state index in [-0.39, 0.29) is 18.8 Å². The van der Waals surface area contributed by atoms with Crippen LogP contribution in [0.25, 0.3) is 0 Å². The van der Waals surface area contributed by atoms with Crippen molar-refractivity contribution in [3.05, 3.63) is 36.5 Å². The van der Waals surface area contributed by atoms with Gasteiger partial charge in [-0.3, -0.25) is 23.9 Å². The Morgan fingerprint density at radius 1 is 1.07 bits per heavy atom. The molecular formula is C30H42O10. The van der Waals surface area contributed by atoms with Crippen LogP contribution in [0.3, 0.4) is 0 Å². The predicted octanol–water partition coefficient (Wildman–Crippen LogP) is 3.91. The van der Waals surface area contributed by atoms with Crippen LogP contribution in [-0.4, -0.2) is 59.9 Å². The summed E-state index contributed by atoms with van der Waals surface area (Å²) in [6, 6.07) is 0. The molecule has 10 heteroatoms. The van der Waals surface area contributed by atoms with Crippen LogP contribution in [0.15, 0.2) is 36.5 Å². The summed E-state index contributed by atoms with van der Waals surface area (Å²) in [6.45, 7) is 17.3. The number of carbonyl (C=O) groups is 4. The van der Waals surface area contributed by atoms with Crippen molar-refractivity contribution >= 4 is 23.9 Å². The molecule has 1 aliphatic heterocycles. The third kappa shape index (κ3) is 5.74. The van der Waals surface area contributed by atoms with Gasteiger partial charge in [-0.25, -0.2) is 0 Å². The number of carbonyl (C=O) groups excluding carboxylic acids is 4. The second-order valence-corrected chi connectivity index (χ2v) is 11.3. The molecule has 1 N–H and O–H groups in total. The van der Waals surface area contributed by atoms with Gasteiger partial charge in [0.2, 0.25) is 12.6 Å². The van der Waals surface area contributed by atoms with E-state index in [0.717, 1.165) is 5.57 Å². The van der Waals surface area contributed by atoms with Crippen LogP contribution in [0.4, 0.5) is 0 Å². The molecular weight excluding hydrogens is 520 g/mol. The number of esters is 4. The van der Waals surface area contributed by atoms with Gasteiger partial charge in [0.15, 0.2) is 0 Å². The summed E-state index contributed by atoms with van der Waals surface area (Å²) in [5.41, 5.74) is -1.07. The Bertz CT molecular complexity index is 1080. The fourth-order valence-corrected chi connectivity index (χ4v) is 6.82. The highest BCUT2D eigenvalue weighted by Gasteiger charge is 2.74. The van der Waals surface area contributed by atoms with Crippen LogP contribution < -0.4 is 0 Å². The van der Waals surface area contributed by atoms with E-state index < -0.39 is 71.5 Å². The van der Waals surface area contributed by atoms with Gasteiger partial charge in [-0.15, -0.1) is 0 Å². The van der Waals surface area contributed by atoms with Gasteiger partial charge < -0.3 is 24.1 Å². The van der Waals surface area contributed by atoms with Crippen molar-refractivity contribution < 1.29 is 48.0 Å². The smallest absolute Gasteiger partial charge is 0.306 e. The first kappa shape index (κ1) is 31.5. The maximum atomic E-state index is 12.6. The van der Waals surface area contributed by atoms with Gasteiger partial charge in [0.1, 0.15) is 18.3 Å². The average molecular weight is 563 g/mol. The second-order valence-electron chi connectivity index (χ2n) is 11.3. The Morgan fingerprint density at radius 3 is 2.25 bits per heavy atom. The van der Waals surface area contributed by atoms with E-state index in [4.69, 9.17) is 23.7 Å². The van der Waals surface area contributed by atoms with E-state index in [0.29, 0.717) is 24.8 Å². The summed E-state index contributed by atoms with van der Waals surface area (Å²) in [4.78, 5) is 49.3. The summed E-state index contributed by atoms with van der Waals surface area (Å²) >= 11 is 0. The molecule has 222 valence electrons. The maximum Gasteiger partial charge on any atom is 0.306 e. The van der Waals surface area contributed by atoms with Gasteiger partial charge in [0, 0.05) is 38.7 Å². The molecule has 0 unspecified atom stereocenters. The third-order valence-corrected chi connectivity index (χ3v) is 8.79. The minimum absolute atomic E-state index is 0.222. The molecule has 0 aromatic rings. The molecule has 0 aromatic heterocycles. The van der Waals surface area contributed by atoms with Gasteiger partial charge >= 0.3 is 23.9 Å². The van der Waals surface area contributed by atoms with Crippen LogP contribution in [0.5, 0.6) is 0 Å². The van der Waals surface area contributed by atoms with Crippen molar-refractivity contribution in [2.45, 2.75) is 105 Å². The molecule has 0 aromatic carbocycles. The first-order chi connectivity index (χ1) is 18.7. The summed E-state index contributed by atoms with van der Waals surface area (Å²) < 4.78 is 28.8. The lowest BCUT2D eigenvalue weighted by molar-refractivity contribution is -0.276. The zero-order chi connectivity index (χ0) is 30.0. The molecule has 1 spiro atoms. The Kier molecular flexibility index (Phi) is 9.67. The van der Waals surface area contributed by atoms with Crippen molar-refractivity contribution in [1.82, 2.24) is 0 Å². The first-order valence-corrected chi connectivity index (χ1v) is 13.8. The molecule has 3 aliphatic rings. The molecule has 10 nitrogen and oxygen atoms in total. The van der Waals surface area contributed by atoms with Crippen molar-refractivity contribution in [3.63, 3.8) is 0 Å². The molecule has 0 amide bonds. The maximum absolute atomic E-state index is 12.6. The molecule has 2 fully saturated rings. The molecule has 1 saturated carbocycles. The number of aliphatic hydroxyl groups excluding tert-OH is 1. The zero-order valence-corrected chi connectivity index (χ0v) is 24.3. The molecule has 0 radical (unpaired) electrons. The van der Waals surface area contributed by atoms with Gasteiger partial charge in [-0.2, -0.15) is 0 Å². The Morgan fingerprint density at radius 2 is 1.70 bits per heavy atom. The van der Waals surface area contributed by atoms with E-state index in [1.807, 2.05) is 20.8 Å². The topological polar surface area (TPSA) is 135 Å². The van der Waals surface area contributed by atoms with Crippen LogP contribution >= 0.6 is 0 Å². The van der Waals surface area contributed by atoms with E-state index >= 15 is 0 Å². The van der Waals surface area contributed by atoms with Crippen molar-refractivity contribution in [3.8, 4) is 0 Å². The highest BCUT2D eigenvalue weighted by molar-refractivity contribution is 5.70. The molecule has 0 bridgehead atoms.